The third kappa shape index (κ3) is 4.58. The van der Waals surface area contributed by atoms with Crippen LogP contribution in [0.2, 0.25) is 0 Å². The normalized spacial score (nSPS) is 11.5. The minimum absolute atomic E-state index is 0.0123. The van der Waals surface area contributed by atoms with Crippen LogP contribution in [-0.2, 0) is 10.0 Å². The predicted octanol–water partition coefficient (Wildman–Crippen LogP) is 1.71. The van der Waals surface area contributed by atoms with Crippen LogP contribution < -0.4 is 14.9 Å². The summed E-state index contributed by atoms with van der Waals surface area (Å²) in [5.74, 6) is 0. The number of hydrogen-bond donors (Lipinski definition) is 2. The van der Waals surface area contributed by atoms with Crippen LogP contribution in [0, 0.1) is 0 Å². The smallest absolute Gasteiger partial charge is 0.315 e. The number of nitrogens with one attached hydrogen (secondary N) is 2. The maximum Gasteiger partial charge on any atom is 0.315 e. The summed E-state index contributed by atoms with van der Waals surface area (Å²) >= 11 is 0. The third-order valence-electron chi connectivity index (χ3n) is 3.30. The first-order chi connectivity index (χ1) is 11.3. The van der Waals surface area contributed by atoms with Crippen molar-refractivity contribution < 1.29 is 13.2 Å². The molecule has 0 aliphatic heterocycles. The molecular formula is C16H22N4O3S. The van der Waals surface area contributed by atoms with E-state index in [-0.39, 0.29) is 25.2 Å². The summed E-state index contributed by atoms with van der Waals surface area (Å²) in [4.78, 5) is 15.9. The van der Waals surface area contributed by atoms with Crippen molar-refractivity contribution in [2.45, 2.75) is 19.9 Å². The molecule has 1 heterocycles. The van der Waals surface area contributed by atoms with E-state index in [1.165, 1.54) is 4.31 Å². The highest BCUT2D eigenvalue weighted by Crippen LogP contribution is 2.26. The Kier molecular flexibility index (Phi) is 5.61. The molecule has 24 heavy (non-hydrogen) atoms. The van der Waals surface area contributed by atoms with Gasteiger partial charge in [0.1, 0.15) is 0 Å². The Morgan fingerprint density at radius 2 is 1.96 bits per heavy atom. The van der Waals surface area contributed by atoms with Crippen molar-refractivity contribution in [3.63, 3.8) is 0 Å². The number of aromatic nitrogens is 1. The number of pyridine rings is 1. The lowest BCUT2D eigenvalue weighted by molar-refractivity contribution is 0.239. The molecule has 0 unspecified atom stereocenters. The molecule has 0 fully saturated rings. The number of benzene rings is 1. The molecule has 0 spiro atoms. The minimum Gasteiger partial charge on any atom is -0.336 e. The summed E-state index contributed by atoms with van der Waals surface area (Å²) in [5.41, 5.74) is 1.11. The summed E-state index contributed by atoms with van der Waals surface area (Å²) in [6.45, 7) is 4.02. The van der Waals surface area contributed by atoms with Crippen LogP contribution in [0.3, 0.4) is 0 Å². The number of para-hydroxylation sites is 1. The molecule has 7 nitrogen and oxygen atoms in total. The number of carbonyl (C=O) groups is 1. The first kappa shape index (κ1) is 18.0. The number of sulfonamides is 1. The number of rotatable bonds is 6. The van der Waals surface area contributed by atoms with E-state index in [1.807, 2.05) is 26.0 Å². The van der Waals surface area contributed by atoms with Gasteiger partial charge in [0.05, 0.1) is 24.0 Å². The fourth-order valence-electron chi connectivity index (χ4n) is 2.34. The van der Waals surface area contributed by atoms with E-state index in [4.69, 9.17) is 0 Å². The zero-order valence-electron chi connectivity index (χ0n) is 14.0. The van der Waals surface area contributed by atoms with Gasteiger partial charge in [-0.3, -0.25) is 9.29 Å². The summed E-state index contributed by atoms with van der Waals surface area (Å²) < 4.78 is 25.7. The molecule has 0 saturated heterocycles. The van der Waals surface area contributed by atoms with E-state index >= 15 is 0 Å². The van der Waals surface area contributed by atoms with E-state index in [0.29, 0.717) is 11.2 Å². The van der Waals surface area contributed by atoms with Crippen LogP contribution >= 0.6 is 0 Å². The second kappa shape index (κ2) is 7.48. The molecule has 130 valence electrons. The molecule has 0 radical (unpaired) electrons. The van der Waals surface area contributed by atoms with Gasteiger partial charge in [0.15, 0.2) is 0 Å². The molecule has 0 bridgehead atoms. The van der Waals surface area contributed by atoms with Crippen LogP contribution in [0.25, 0.3) is 10.9 Å². The van der Waals surface area contributed by atoms with Gasteiger partial charge in [0, 0.05) is 24.2 Å². The van der Waals surface area contributed by atoms with E-state index in [9.17, 15) is 13.2 Å². The molecule has 2 rings (SSSR count). The summed E-state index contributed by atoms with van der Waals surface area (Å²) in [7, 11) is -3.51. The van der Waals surface area contributed by atoms with Gasteiger partial charge in [-0.1, -0.05) is 18.2 Å². The van der Waals surface area contributed by atoms with E-state index in [2.05, 4.69) is 15.6 Å². The molecule has 2 N–H and O–H groups in total. The summed E-state index contributed by atoms with van der Waals surface area (Å²) in [5, 5.41) is 6.21. The highest BCUT2D eigenvalue weighted by Gasteiger charge is 2.20. The number of urea groups is 1. The number of amides is 2. The Bertz CT molecular complexity index is 816. The van der Waals surface area contributed by atoms with Crippen LogP contribution in [0.4, 0.5) is 10.5 Å². The van der Waals surface area contributed by atoms with Crippen molar-refractivity contribution in [1.82, 2.24) is 15.6 Å². The monoisotopic (exact) mass is 350 g/mol. The van der Waals surface area contributed by atoms with Gasteiger partial charge in [-0.05, 0) is 26.0 Å². The lowest BCUT2D eigenvalue weighted by atomic mass is 10.2. The van der Waals surface area contributed by atoms with Gasteiger partial charge >= 0.3 is 6.03 Å². The Labute approximate surface area is 142 Å². The van der Waals surface area contributed by atoms with Crippen molar-refractivity contribution in [2.24, 2.45) is 0 Å². The average Bonchev–Trinajstić information content (AvgIpc) is 2.49. The Balaban J connectivity index is 2.22. The van der Waals surface area contributed by atoms with Gasteiger partial charge in [0.2, 0.25) is 10.0 Å². The van der Waals surface area contributed by atoms with E-state index in [0.717, 1.165) is 11.6 Å². The number of fused-ring (bicyclic) bond motifs is 1. The van der Waals surface area contributed by atoms with Crippen molar-refractivity contribution in [3.05, 3.63) is 36.5 Å². The Hall–Kier alpha value is -2.35. The van der Waals surface area contributed by atoms with E-state index in [1.54, 1.807) is 24.4 Å². The lowest BCUT2D eigenvalue weighted by Crippen LogP contribution is -2.44. The predicted molar refractivity (Wildman–Crippen MR) is 95.6 cm³/mol. The Morgan fingerprint density at radius 1 is 1.25 bits per heavy atom. The highest BCUT2D eigenvalue weighted by molar-refractivity contribution is 7.92. The third-order valence-corrected chi connectivity index (χ3v) is 4.48. The van der Waals surface area contributed by atoms with E-state index < -0.39 is 10.0 Å². The van der Waals surface area contributed by atoms with Gasteiger partial charge in [-0.25, -0.2) is 13.2 Å². The molecule has 8 heteroatoms. The molecule has 0 saturated carbocycles. The largest absolute Gasteiger partial charge is 0.336 e. The highest BCUT2D eigenvalue weighted by atomic mass is 32.2. The van der Waals surface area contributed by atoms with Crippen LogP contribution in [-0.4, -0.2) is 44.8 Å². The number of carbonyl (C=O) groups excluding carboxylic acids is 1. The fourth-order valence-corrected chi connectivity index (χ4v) is 3.27. The zero-order valence-corrected chi connectivity index (χ0v) is 14.8. The quantitative estimate of drug-likeness (QED) is 0.830. The molecular weight excluding hydrogens is 328 g/mol. The number of anilines is 1. The summed E-state index contributed by atoms with van der Waals surface area (Å²) in [6.07, 6.45) is 2.77. The topological polar surface area (TPSA) is 91.4 Å². The second-order valence-corrected chi connectivity index (χ2v) is 7.65. The standard InChI is InChI=1S/C16H22N4O3S/c1-12(2)19-16(21)18-10-11-20(24(3,22)23)14-8-4-6-13-7-5-9-17-15(13)14/h4-9,12H,10-11H2,1-3H3,(H2,18,19,21). The summed E-state index contributed by atoms with van der Waals surface area (Å²) in [6, 6.07) is 8.74. The molecule has 0 aliphatic rings. The van der Waals surface area contributed by atoms with Crippen molar-refractivity contribution >= 4 is 32.6 Å². The Morgan fingerprint density at radius 3 is 2.62 bits per heavy atom. The molecule has 1 aromatic carbocycles. The molecule has 0 aliphatic carbocycles. The SMILES string of the molecule is CC(C)NC(=O)NCCN(c1cccc2cccnc12)S(C)(=O)=O. The van der Waals surface area contributed by atoms with Crippen molar-refractivity contribution in [3.8, 4) is 0 Å². The second-order valence-electron chi connectivity index (χ2n) is 5.74. The number of nitrogens with zero attached hydrogens (tertiary/aromatic N) is 2. The van der Waals surface area contributed by atoms with Gasteiger partial charge in [0.25, 0.3) is 0 Å². The van der Waals surface area contributed by atoms with Crippen LogP contribution in [0.5, 0.6) is 0 Å². The zero-order chi connectivity index (χ0) is 17.7. The maximum atomic E-state index is 12.2. The molecule has 0 atom stereocenters. The first-order valence-corrected chi connectivity index (χ1v) is 9.49. The lowest BCUT2D eigenvalue weighted by Gasteiger charge is -2.23. The van der Waals surface area contributed by atoms with Gasteiger partial charge in [-0.2, -0.15) is 0 Å². The number of hydrogen-bond acceptors (Lipinski definition) is 4. The maximum absolute atomic E-state index is 12.2. The van der Waals surface area contributed by atoms with Gasteiger partial charge < -0.3 is 10.6 Å². The van der Waals surface area contributed by atoms with Crippen molar-refractivity contribution in [1.29, 1.82) is 0 Å². The first-order valence-electron chi connectivity index (χ1n) is 7.65. The van der Waals surface area contributed by atoms with Gasteiger partial charge in [-0.15, -0.1) is 0 Å². The minimum atomic E-state index is -3.51. The molecule has 2 aromatic rings. The van der Waals surface area contributed by atoms with Crippen LogP contribution in [0.1, 0.15) is 13.8 Å². The molecule has 1 aromatic heterocycles. The molecule has 2 amide bonds. The fraction of sp³-hybridized carbons (Fsp3) is 0.375. The van der Waals surface area contributed by atoms with Crippen LogP contribution in [0.15, 0.2) is 36.5 Å². The average molecular weight is 350 g/mol. The van der Waals surface area contributed by atoms with Crippen molar-refractivity contribution in [2.75, 3.05) is 23.7 Å².